The van der Waals surface area contributed by atoms with Crippen LogP contribution in [0.2, 0.25) is 0 Å². The maximum absolute atomic E-state index is 5.83. The van der Waals surface area contributed by atoms with Crippen molar-refractivity contribution in [1.82, 2.24) is 0 Å². The lowest BCUT2D eigenvalue weighted by Gasteiger charge is -2.30. The van der Waals surface area contributed by atoms with E-state index in [-0.39, 0.29) is 5.92 Å². The van der Waals surface area contributed by atoms with Gasteiger partial charge in [-0.1, -0.05) is 18.2 Å². The fourth-order valence-electron chi connectivity index (χ4n) is 4.27. The van der Waals surface area contributed by atoms with E-state index < -0.39 is 0 Å². The van der Waals surface area contributed by atoms with Crippen molar-refractivity contribution in [3.05, 3.63) is 59.2 Å². The average molecular weight is 364 g/mol. The number of benzene rings is 3. The Morgan fingerprint density at radius 2 is 1.52 bits per heavy atom. The van der Waals surface area contributed by atoms with Gasteiger partial charge in [0.25, 0.3) is 0 Å². The number of hydrogen-bond acceptors (Lipinski definition) is 4. The first-order valence-corrected chi connectivity index (χ1v) is 9.10. The Morgan fingerprint density at radius 3 is 2.15 bits per heavy atom. The van der Waals surface area contributed by atoms with Crippen LogP contribution in [0.4, 0.5) is 0 Å². The quantitative estimate of drug-likeness (QED) is 0.642. The Labute approximate surface area is 159 Å². The lowest BCUT2D eigenvalue weighted by molar-refractivity contribution is 0.350. The highest BCUT2D eigenvalue weighted by molar-refractivity contribution is 5.96. The van der Waals surface area contributed by atoms with Crippen molar-refractivity contribution in [2.24, 2.45) is 0 Å². The number of hydrogen-bond donors (Lipinski definition) is 0. The molecule has 3 aromatic rings. The van der Waals surface area contributed by atoms with Crippen LogP contribution >= 0.6 is 0 Å². The molecule has 0 saturated heterocycles. The van der Waals surface area contributed by atoms with Gasteiger partial charge in [0.1, 0.15) is 11.5 Å². The van der Waals surface area contributed by atoms with Crippen LogP contribution < -0.4 is 18.9 Å². The first-order valence-electron chi connectivity index (χ1n) is 9.10. The highest BCUT2D eigenvalue weighted by Crippen LogP contribution is 2.50. The molecule has 3 aromatic carbocycles. The first-order chi connectivity index (χ1) is 13.2. The summed E-state index contributed by atoms with van der Waals surface area (Å²) >= 11 is 0. The molecule has 0 amide bonds. The third-order valence-corrected chi connectivity index (χ3v) is 5.52. The summed E-state index contributed by atoms with van der Waals surface area (Å²) in [5.41, 5.74) is 3.67. The predicted octanol–water partition coefficient (Wildman–Crippen LogP) is 4.95. The monoisotopic (exact) mass is 364 g/mol. The SMILES string of the molecule is COc1ccc(C2CCc3c(OC)ccc4cc(OC)c(OC)c2c34)cc1. The summed E-state index contributed by atoms with van der Waals surface area (Å²) in [4.78, 5) is 0. The molecule has 0 fully saturated rings. The minimum atomic E-state index is 0.225. The van der Waals surface area contributed by atoms with Gasteiger partial charge in [0.2, 0.25) is 0 Å². The number of rotatable bonds is 5. The predicted molar refractivity (Wildman–Crippen MR) is 107 cm³/mol. The van der Waals surface area contributed by atoms with Crippen molar-refractivity contribution in [2.75, 3.05) is 28.4 Å². The molecule has 4 heteroatoms. The first kappa shape index (κ1) is 17.5. The molecule has 0 N–H and O–H groups in total. The van der Waals surface area contributed by atoms with Gasteiger partial charge in [0.05, 0.1) is 28.4 Å². The standard InChI is InChI=1S/C23H24O4/c1-24-16-8-5-14(6-9-16)17-10-11-18-19(25-2)12-7-15-13-20(26-3)23(27-4)22(17)21(15)18/h5-9,12-13,17H,10-11H2,1-4H3. The van der Waals surface area contributed by atoms with Crippen LogP contribution in [0, 0.1) is 0 Å². The molecular weight excluding hydrogens is 340 g/mol. The Hall–Kier alpha value is -2.88. The zero-order chi connectivity index (χ0) is 19.0. The van der Waals surface area contributed by atoms with Crippen molar-refractivity contribution < 1.29 is 18.9 Å². The summed E-state index contributed by atoms with van der Waals surface area (Å²) in [6.07, 6.45) is 1.94. The third kappa shape index (κ3) is 2.76. The third-order valence-electron chi connectivity index (χ3n) is 5.52. The molecule has 0 heterocycles. The minimum Gasteiger partial charge on any atom is -0.497 e. The molecule has 27 heavy (non-hydrogen) atoms. The van der Waals surface area contributed by atoms with Crippen LogP contribution in [0.15, 0.2) is 42.5 Å². The normalized spacial score (nSPS) is 15.5. The van der Waals surface area contributed by atoms with E-state index in [0.717, 1.165) is 41.2 Å². The van der Waals surface area contributed by atoms with Gasteiger partial charge in [-0.15, -0.1) is 0 Å². The summed E-state index contributed by atoms with van der Waals surface area (Å²) in [5, 5.41) is 2.37. The van der Waals surface area contributed by atoms with Crippen LogP contribution in [0.25, 0.3) is 10.8 Å². The largest absolute Gasteiger partial charge is 0.497 e. The molecule has 0 aliphatic heterocycles. The number of ether oxygens (including phenoxy) is 4. The zero-order valence-electron chi connectivity index (χ0n) is 16.2. The molecule has 1 atom stereocenters. The molecular formula is C23H24O4. The number of aryl methyl sites for hydroxylation is 1. The zero-order valence-corrected chi connectivity index (χ0v) is 16.2. The Kier molecular flexibility index (Phi) is 4.56. The van der Waals surface area contributed by atoms with Gasteiger partial charge < -0.3 is 18.9 Å². The Morgan fingerprint density at radius 1 is 0.778 bits per heavy atom. The summed E-state index contributed by atoms with van der Waals surface area (Å²) in [6.45, 7) is 0. The van der Waals surface area contributed by atoms with Gasteiger partial charge in [-0.05, 0) is 53.4 Å². The topological polar surface area (TPSA) is 36.9 Å². The van der Waals surface area contributed by atoms with E-state index in [4.69, 9.17) is 18.9 Å². The fourth-order valence-corrected chi connectivity index (χ4v) is 4.27. The molecule has 0 saturated carbocycles. The highest BCUT2D eigenvalue weighted by Gasteiger charge is 2.30. The van der Waals surface area contributed by atoms with Gasteiger partial charge in [-0.2, -0.15) is 0 Å². The van der Waals surface area contributed by atoms with Crippen LogP contribution in [-0.4, -0.2) is 28.4 Å². The summed E-state index contributed by atoms with van der Waals surface area (Å²) < 4.78 is 22.5. The van der Waals surface area contributed by atoms with Gasteiger partial charge in [-0.3, -0.25) is 0 Å². The molecule has 0 radical (unpaired) electrons. The summed E-state index contributed by atoms with van der Waals surface area (Å²) in [7, 11) is 6.81. The van der Waals surface area contributed by atoms with Crippen LogP contribution in [-0.2, 0) is 6.42 Å². The van der Waals surface area contributed by atoms with Gasteiger partial charge in [-0.25, -0.2) is 0 Å². The molecule has 0 spiro atoms. The lowest BCUT2D eigenvalue weighted by Crippen LogP contribution is -2.13. The van der Waals surface area contributed by atoms with E-state index in [0.29, 0.717) is 0 Å². The smallest absolute Gasteiger partial charge is 0.165 e. The van der Waals surface area contributed by atoms with Crippen LogP contribution in [0.1, 0.15) is 29.0 Å². The highest BCUT2D eigenvalue weighted by atomic mass is 16.5. The van der Waals surface area contributed by atoms with Crippen LogP contribution in [0.3, 0.4) is 0 Å². The second-order valence-electron chi connectivity index (χ2n) is 6.73. The summed E-state index contributed by atoms with van der Waals surface area (Å²) in [5.74, 6) is 3.59. The second-order valence-corrected chi connectivity index (χ2v) is 6.73. The van der Waals surface area contributed by atoms with E-state index >= 15 is 0 Å². The molecule has 1 unspecified atom stereocenters. The average Bonchev–Trinajstić information content (AvgIpc) is 2.73. The second kappa shape index (κ2) is 7.03. The van der Waals surface area contributed by atoms with Crippen molar-refractivity contribution in [1.29, 1.82) is 0 Å². The van der Waals surface area contributed by atoms with E-state index in [1.165, 1.54) is 22.1 Å². The molecule has 0 aromatic heterocycles. The van der Waals surface area contributed by atoms with Gasteiger partial charge in [0.15, 0.2) is 11.5 Å². The number of methoxy groups -OCH3 is 4. The molecule has 1 aliphatic carbocycles. The van der Waals surface area contributed by atoms with Crippen molar-refractivity contribution in [3.63, 3.8) is 0 Å². The molecule has 1 aliphatic rings. The Bertz CT molecular complexity index is 976. The minimum absolute atomic E-state index is 0.225. The molecule has 0 bridgehead atoms. The maximum Gasteiger partial charge on any atom is 0.165 e. The van der Waals surface area contributed by atoms with Crippen molar-refractivity contribution >= 4 is 10.8 Å². The van der Waals surface area contributed by atoms with E-state index in [2.05, 4.69) is 24.3 Å². The Balaban J connectivity index is 2.01. The summed E-state index contributed by atoms with van der Waals surface area (Å²) in [6, 6.07) is 14.5. The molecule has 4 nitrogen and oxygen atoms in total. The van der Waals surface area contributed by atoms with Gasteiger partial charge >= 0.3 is 0 Å². The van der Waals surface area contributed by atoms with Crippen molar-refractivity contribution in [3.8, 4) is 23.0 Å². The molecule has 140 valence electrons. The lowest BCUT2D eigenvalue weighted by atomic mass is 9.77. The molecule has 4 rings (SSSR count). The van der Waals surface area contributed by atoms with Crippen LogP contribution in [0.5, 0.6) is 23.0 Å². The maximum atomic E-state index is 5.83. The van der Waals surface area contributed by atoms with E-state index in [1.807, 2.05) is 18.2 Å². The van der Waals surface area contributed by atoms with E-state index in [9.17, 15) is 0 Å². The van der Waals surface area contributed by atoms with E-state index in [1.54, 1.807) is 28.4 Å². The van der Waals surface area contributed by atoms with Crippen molar-refractivity contribution in [2.45, 2.75) is 18.8 Å². The fraction of sp³-hybridized carbons (Fsp3) is 0.304. The van der Waals surface area contributed by atoms with Gasteiger partial charge in [0, 0.05) is 17.0 Å².